The number of carbonyl (C=O) groups excluding carboxylic acids is 1. The largest absolute Gasteiger partial charge is 0.444 e. The monoisotopic (exact) mass is 231 g/mol. The quantitative estimate of drug-likeness (QED) is 0.683. The predicted octanol–water partition coefficient (Wildman–Crippen LogP) is 1.35. The van der Waals surface area contributed by atoms with Gasteiger partial charge in [0.2, 0.25) is 0 Å². The first kappa shape index (κ1) is 13.3. The van der Waals surface area contributed by atoms with Gasteiger partial charge in [-0.2, -0.15) is 0 Å². The molecule has 0 aliphatic carbocycles. The summed E-state index contributed by atoms with van der Waals surface area (Å²) in [6.07, 6.45) is -1.11. The van der Waals surface area contributed by atoms with Gasteiger partial charge in [-0.3, -0.25) is 4.90 Å². The second-order valence-corrected chi connectivity index (χ2v) is 5.50. The topological polar surface area (TPSA) is 59.0 Å². The van der Waals surface area contributed by atoms with Crippen LogP contribution >= 0.6 is 0 Å². The molecule has 0 bridgehead atoms. The average Bonchev–Trinajstić information content (AvgIpc) is 2.06. The zero-order valence-electron chi connectivity index (χ0n) is 10.6. The van der Waals surface area contributed by atoms with Gasteiger partial charge in [-0.25, -0.2) is 4.79 Å². The van der Waals surface area contributed by atoms with E-state index in [4.69, 9.17) is 9.47 Å². The Labute approximate surface area is 96.3 Å². The molecule has 0 aromatic rings. The zero-order chi connectivity index (χ0) is 12.6. The number of ether oxygens (including phenoxy) is 2. The number of amides is 1. The first-order valence-corrected chi connectivity index (χ1v) is 5.44. The van der Waals surface area contributed by atoms with E-state index in [9.17, 15) is 9.90 Å². The summed E-state index contributed by atoms with van der Waals surface area (Å²) >= 11 is 0. The molecule has 0 aromatic heterocycles. The van der Waals surface area contributed by atoms with Crippen molar-refractivity contribution >= 4 is 6.09 Å². The molecule has 1 unspecified atom stereocenters. The number of hydrogen-bond donors (Lipinski definition) is 1. The summed E-state index contributed by atoms with van der Waals surface area (Å²) < 4.78 is 10.7. The Kier molecular flexibility index (Phi) is 3.50. The fourth-order valence-electron chi connectivity index (χ4n) is 1.47. The molecule has 5 heteroatoms. The van der Waals surface area contributed by atoms with Crippen LogP contribution in [-0.4, -0.2) is 46.7 Å². The summed E-state index contributed by atoms with van der Waals surface area (Å²) in [5.74, 6) is 0. The van der Waals surface area contributed by atoms with Crippen LogP contribution in [0.25, 0.3) is 0 Å². The van der Waals surface area contributed by atoms with Crippen LogP contribution < -0.4 is 0 Å². The van der Waals surface area contributed by atoms with Crippen molar-refractivity contribution in [2.75, 3.05) is 13.2 Å². The molecule has 1 rings (SSSR count). The molecular weight excluding hydrogens is 210 g/mol. The van der Waals surface area contributed by atoms with E-state index < -0.39 is 23.5 Å². The number of aliphatic hydroxyl groups is 1. The van der Waals surface area contributed by atoms with E-state index in [2.05, 4.69) is 0 Å². The highest BCUT2D eigenvalue weighted by Gasteiger charge is 2.39. The molecule has 1 aliphatic rings. The van der Waals surface area contributed by atoms with E-state index in [0.29, 0.717) is 0 Å². The lowest BCUT2D eigenvalue weighted by molar-refractivity contribution is -0.187. The second kappa shape index (κ2) is 4.22. The third-order valence-corrected chi connectivity index (χ3v) is 2.29. The molecule has 1 heterocycles. The minimum Gasteiger partial charge on any atom is -0.444 e. The smallest absolute Gasteiger partial charge is 0.412 e. The lowest BCUT2D eigenvalue weighted by Crippen LogP contribution is -2.58. The summed E-state index contributed by atoms with van der Waals surface area (Å²) in [6, 6.07) is 0. The Bertz CT molecular complexity index is 270. The SMILES string of the molecule is CC(C)(C)OC(=O)N1CC(O)COC1(C)C. The number of β-amino-alcohol motifs (C(OH)–C–C–N with tert-alkyl or cyclic N) is 1. The van der Waals surface area contributed by atoms with Crippen molar-refractivity contribution in [2.45, 2.75) is 52.0 Å². The molecular formula is C11H21NO4. The van der Waals surface area contributed by atoms with Crippen LogP contribution in [0.2, 0.25) is 0 Å². The Hall–Kier alpha value is -0.810. The molecule has 1 atom stereocenters. The molecule has 0 aromatic carbocycles. The van der Waals surface area contributed by atoms with Gasteiger partial charge in [-0.05, 0) is 34.6 Å². The normalized spacial score (nSPS) is 25.4. The minimum atomic E-state index is -0.735. The van der Waals surface area contributed by atoms with Crippen molar-refractivity contribution in [3.63, 3.8) is 0 Å². The standard InChI is InChI=1S/C11H21NO4/c1-10(2,3)16-9(14)12-6-8(13)7-15-11(12,4)5/h8,13H,6-7H2,1-5H3. The molecule has 16 heavy (non-hydrogen) atoms. The van der Waals surface area contributed by atoms with Crippen LogP contribution in [-0.2, 0) is 9.47 Å². The summed E-state index contributed by atoms with van der Waals surface area (Å²) in [6.45, 7) is 9.46. The molecule has 5 nitrogen and oxygen atoms in total. The molecule has 1 saturated heterocycles. The molecule has 1 N–H and O–H groups in total. The lowest BCUT2D eigenvalue weighted by atomic mass is 10.1. The van der Waals surface area contributed by atoms with E-state index in [-0.39, 0.29) is 13.2 Å². The molecule has 0 spiro atoms. The van der Waals surface area contributed by atoms with Crippen molar-refractivity contribution in [1.82, 2.24) is 4.90 Å². The molecule has 1 fully saturated rings. The van der Waals surface area contributed by atoms with Crippen molar-refractivity contribution < 1.29 is 19.4 Å². The average molecular weight is 231 g/mol. The Balaban J connectivity index is 2.72. The van der Waals surface area contributed by atoms with Gasteiger partial charge in [-0.15, -0.1) is 0 Å². The van der Waals surface area contributed by atoms with Gasteiger partial charge >= 0.3 is 6.09 Å². The van der Waals surface area contributed by atoms with Crippen LogP contribution in [0.4, 0.5) is 4.79 Å². The number of nitrogens with zero attached hydrogens (tertiary/aromatic N) is 1. The highest BCUT2D eigenvalue weighted by Crippen LogP contribution is 2.24. The molecule has 0 saturated carbocycles. The maximum absolute atomic E-state index is 11.9. The summed E-state index contributed by atoms with van der Waals surface area (Å²) in [7, 11) is 0. The van der Waals surface area contributed by atoms with Crippen LogP contribution in [0, 0.1) is 0 Å². The van der Waals surface area contributed by atoms with Gasteiger partial charge < -0.3 is 14.6 Å². The Morgan fingerprint density at radius 3 is 2.56 bits per heavy atom. The maximum atomic E-state index is 11.9. The van der Waals surface area contributed by atoms with Crippen LogP contribution in [0.5, 0.6) is 0 Å². The third-order valence-electron chi connectivity index (χ3n) is 2.29. The summed E-state index contributed by atoms with van der Waals surface area (Å²) in [4.78, 5) is 13.3. The van der Waals surface area contributed by atoms with Gasteiger partial charge in [0.25, 0.3) is 0 Å². The lowest BCUT2D eigenvalue weighted by Gasteiger charge is -2.43. The number of carbonyl (C=O) groups is 1. The van der Waals surface area contributed by atoms with E-state index in [1.54, 1.807) is 34.6 Å². The van der Waals surface area contributed by atoms with Crippen LogP contribution in [0.15, 0.2) is 0 Å². The minimum absolute atomic E-state index is 0.238. The van der Waals surface area contributed by atoms with Crippen LogP contribution in [0.1, 0.15) is 34.6 Å². The van der Waals surface area contributed by atoms with Gasteiger partial charge in [0.15, 0.2) is 0 Å². The Morgan fingerprint density at radius 2 is 2.06 bits per heavy atom. The maximum Gasteiger partial charge on any atom is 0.412 e. The van der Waals surface area contributed by atoms with E-state index in [0.717, 1.165) is 0 Å². The highest BCUT2D eigenvalue weighted by atomic mass is 16.6. The zero-order valence-corrected chi connectivity index (χ0v) is 10.6. The van der Waals surface area contributed by atoms with E-state index in [1.807, 2.05) is 0 Å². The Morgan fingerprint density at radius 1 is 1.50 bits per heavy atom. The highest BCUT2D eigenvalue weighted by molar-refractivity contribution is 5.69. The fourth-order valence-corrected chi connectivity index (χ4v) is 1.47. The number of rotatable bonds is 0. The van der Waals surface area contributed by atoms with Gasteiger partial charge in [-0.1, -0.05) is 0 Å². The second-order valence-electron chi connectivity index (χ2n) is 5.50. The first-order valence-electron chi connectivity index (χ1n) is 5.44. The van der Waals surface area contributed by atoms with Crippen LogP contribution in [0.3, 0.4) is 0 Å². The predicted molar refractivity (Wildman–Crippen MR) is 59.0 cm³/mol. The van der Waals surface area contributed by atoms with Crippen molar-refractivity contribution in [3.05, 3.63) is 0 Å². The van der Waals surface area contributed by atoms with Gasteiger partial charge in [0.05, 0.1) is 19.3 Å². The van der Waals surface area contributed by atoms with Gasteiger partial charge in [0, 0.05) is 0 Å². The number of aliphatic hydroxyl groups excluding tert-OH is 1. The van der Waals surface area contributed by atoms with E-state index in [1.165, 1.54) is 4.90 Å². The first-order chi connectivity index (χ1) is 7.12. The van der Waals surface area contributed by atoms with Crippen molar-refractivity contribution in [3.8, 4) is 0 Å². The third kappa shape index (κ3) is 3.35. The molecule has 94 valence electrons. The van der Waals surface area contributed by atoms with Gasteiger partial charge in [0.1, 0.15) is 11.3 Å². The summed E-state index contributed by atoms with van der Waals surface area (Å²) in [5.41, 5.74) is -1.28. The molecule has 1 amide bonds. The van der Waals surface area contributed by atoms with Crippen molar-refractivity contribution in [2.24, 2.45) is 0 Å². The van der Waals surface area contributed by atoms with Crippen molar-refractivity contribution in [1.29, 1.82) is 0 Å². The number of hydrogen-bond acceptors (Lipinski definition) is 4. The summed E-state index contributed by atoms with van der Waals surface area (Å²) in [5, 5.41) is 9.48. The fraction of sp³-hybridized carbons (Fsp3) is 0.909. The molecule has 1 aliphatic heterocycles. The molecule has 0 radical (unpaired) electrons. The van der Waals surface area contributed by atoms with E-state index >= 15 is 0 Å².